The number of ether oxygens (including phenoxy) is 1. The van der Waals surface area contributed by atoms with Crippen LogP contribution in [0.15, 0.2) is 11.6 Å². The molecule has 9 atom stereocenters. The quantitative estimate of drug-likeness (QED) is 0.599. The third kappa shape index (κ3) is 2.42. The molecule has 5 rings (SSSR count). The van der Waals surface area contributed by atoms with Crippen molar-refractivity contribution in [2.75, 3.05) is 0 Å². The molecule has 0 bridgehead atoms. The summed E-state index contributed by atoms with van der Waals surface area (Å²) in [7, 11) is 0. The number of carbonyl (C=O) groups is 3. The van der Waals surface area contributed by atoms with Crippen LogP contribution in [0.5, 0.6) is 0 Å². The molecule has 4 fully saturated rings. The lowest BCUT2D eigenvalue weighted by Gasteiger charge is -2.58. The minimum absolute atomic E-state index is 0.0107. The fraction of sp³-hybridized carbons (Fsp3) is 0.783. The zero-order valence-corrected chi connectivity index (χ0v) is 17.5. The number of rotatable bonds is 4. The van der Waals surface area contributed by atoms with E-state index in [2.05, 4.69) is 6.92 Å². The highest BCUT2D eigenvalue weighted by Crippen LogP contribution is 2.73. The van der Waals surface area contributed by atoms with Gasteiger partial charge in [-0.2, -0.15) is 0 Å². The molecule has 0 aromatic heterocycles. The van der Waals surface area contributed by atoms with E-state index in [1.165, 1.54) is 0 Å². The second-order valence-electron chi connectivity index (χ2n) is 10.7. The molecule has 0 aromatic rings. The van der Waals surface area contributed by atoms with Crippen LogP contribution in [0.1, 0.15) is 58.8 Å². The number of epoxide rings is 1. The summed E-state index contributed by atoms with van der Waals surface area (Å²) in [6, 6.07) is 0. The van der Waals surface area contributed by atoms with Crippen molar-refractivity contribution in [1.82, 2.24) is 0 Å². The van der Waals surface area contributed by atoms with E-state index in [4.69, 9.17) is 4.74 Å². The van der Waals surface area contributed by atoms with Crippen LogP contribution in [0.3, 0.4) is 0 Å². The fourth-order valence-corrected chi connectivity index (χ4v) is 8.02. The molecule has 0 unspecified atom stereocenters. The molecule has 7 nitrogen and oxygen atoms in total. The number of carbonyl (C=O) groups excluding carboxylic acids is 1. The Kier molecular flexibility index (Phi) is 4.15. The van der Waals surface area contributed by atoms with Crippen molar-refractivity contribution in [2.45, 2.75) is 76.6 Å². The van der Waals surface area contributed by atoms with E-state index in [-0.39, 0.29) is 54.0 Å². The molecule has 3 N–H and O–H groups in total. The van der Waals surface area contributed by atoms with Gasteiger partial charge in [-0.15, -0.1) is 0 Å². The molecular formula is C23H30O7. The lowest BCUT2D eigenvalue weighted by atomic mass is 9.44. The maximum Gasteiger partial charge on any atom is 0.307 e. The van der Waals surface area contributed by atoms with Gasteiger partial charge in [-0.25, -0.2) is 0 Å². The van der Waals surface area contributed by atoms with Gasteiger partial charge in [0.2, 0.25) is 0 Å². The highest BCUT2D eigenvalue weighted by molar-refractivity contribution is 5.92. The first-order valence-corrected chi connectivity index (χ1v) is 11.1. The van der Waals surface area contributed by atoms with Gasteiger partial charge in [0.1, 0.15) is 0 Å². The predicted octanol–water partition coefficient (Wildman–Crippen LogP) is 2.41. The number of allylic oxidation sites excluding steroid dienone is 1. The standard InChI is InChI=1S/C23H30O7/c1-21-6-3-12(24)9-11(21)10-13(20(27)28)16-14-4-7-23(29,8-5-15(25)26)22(14,2)19-18(30-19)17(16)21/h9,13-14,16-19,29H,3-8,10H2,1-2H3,(H,25,26)(H,27,28)/t13-,14+,16+,17-,18-,19-,21+,22-,23-/m1/s1. The normalized spacial score (nSPS) is 51.2. The summed E-state index contributed by atoms with van der Waals surface area (Å²) >= 11 is 0. The molecule has 1 heterocycles. The maximum atomic E-state index is 12.4. The van der Waals surface area contributed by atoms with E-state index in [9.17, 15) is 29.7 Å². The summed E-state index contributed by atoms with van der Waals surface area (Å²) in [5.41, 5.74) is -1.12. The van der Waals surface area contributed by atoms with Crippen molar-refractivity contribution in [1.29, 1.82) is 0 Å². The molecule has 0 spiro atoms. The van der Waals surface area contributed by atoms with Crippen LogP contribution in [0.4, 0.5) is 0 Å². The van der Waals surface area contributed by atoms with Crippen LogP contribution in [0.25, 0.3) is 0 Å². The predicted molar refractivity (Wildman–Crippen MR) is 104 cm³/mol. The lowest BCUT2D eigenvalue weighted by molar-refractivity contribution is -0.160. The lowest BCUT2D eigenvalue weighted by Crippen LogP contribution is -2.61. The summed E-state index contributed by atoms with van der Waals surface area (Å²) in [5, 5.41) is 30.9. The smallest absolute Gasteiger partial charge is 0.307 e. The largest absolute Gasteiger partial charge is 0.481 e. The van der Waals surface area contributed by atoms with Gasteiger partial charge in [-0.3, -0.25) is 14.4 Å². The molecule has 7 heteroatoms. The molecule has 1 aliphatic heterocycles. The number of fused-ring (bicyclic) bond motifs is 8. The molecule has 0 aromatic carbocycles. The van der Waals surface area contributed by atoms with Crippen LogP contribution in [-0.2, 0) is 19.1 Å². The highest BCUT2D eigenvalue weighted by atomic mass is 16.6. The molecule has 30 heavy (non-hydrogen) atoms. The van der Waals surface area contributed by atoms with Crippen molar-refractivity contribution < 1.29 is 34.4 Å². The van der Waals surface area contributed by atoms with Gasteiger partial charge in [-0.05, 0) is 55.4 Å². The number of aliphatic carboxylic acids is 2. The van der Waals surface area contributed by atoms with E-state index in [1.807, 2.05) is 6.92 Å². The number of hydrogen-bond acceptors (Lipinski definition) is 5. The van der Waals surface area contributed by atoms with Gasteiger partial charge in [-0.1, -0.05) is 19.4 Å². The minimum Gasteiger partial charge on any atom is -0.481 e. The van der Waals surface area contributed by atoms with Crippen molar-refractivity contribution in [3.05, 3.63) is 11.6 Å². The van der Waals surface area contributed by atoms with Crippen LogP contribution in [0.2, 0.25) is 0 Å². The van der Waals surface area contributed by atoms with Crippen molar-refractivity contribution in [2.24, 2.45) is 34.5 Å². The Hall–Kier alpha value is -1.73. The van der Waals surface area contributed by atoms with E-state index < -0.39 is 28.9 Å². The molecule has 5 aliphatic rings. The third-order valence-corrected chi connectivity index (χ3v) is 9.66. The van der Waals surface area contributed by atoms with Gasteiger partial charge in [0, 0.05) is 24.2 Å². The monoisotopic (exact) mass is 418 g/mol. The Morgan fingerprint density at radius 2 is 1.97 bits per heavy atom. The SMILES string of the molecule is C[C@]12[C@@H]3O[C@@H]3[C@H]3[C@@H]([C@H](C(=O)O)CC4=CC(=O)CC[C@@]43C)[C@@H]1CC[C@@]2(O)CCC(=O)O. The molecular weight excluding hydrogens is 388 g/mol. The van der Waals surface area contributed by atoms with Gasteiger partial charge in [0.05, 0.1) is 23.7 Å². The topological polar surface area (TPSA) is 124 Å². The molecule has 4 aliphatic carbocycles. The van der Waals surface area contributed by atoms with E-state index in [0.717, 1.165) is 5.57 Å². The van der Waals surface area contributed by atoms with Gasteiger partial charge in [0.25, 0.3) is 0 Å². The van der Waals surface area contributed by atoms with Gasteiger partial charge in [0.15, 0.2) is 5.78 Å². The Morgan fingerprint density at radius 3 is 2.63 bits per heavy atom. The van der Waals surface area contributed by atoms with E-state index in [1.54, 1.807) is 6.08 Å². The molecule has 3 saturated carbocycles. The Balaban J connectivity index is 1.58. The number of hydrogen-bond donors (Lipinski definition) is 3. The molecule has 1 saturated heterocycles. The summed E-state index contributed by atoms with van der Waals surface area (Å²) in [6.07, 6.45) is 4.11. The molecule has 164 valence electrons. The van der Waals surface area contributed by atoms with Crippen LogP contribution >= 0.6 is 0 Å². The molecule has 0 amide bonds. The average molecular weight is 418 g/mol. The summed E-state index contributed by atoms with van der Waals surface area (Å²) < 4.78 is 6.22. The Morgan fingerprint density at radius 1 is 1.23 bits per heavy atom. The third-order valence-electron chi connectivity index (χ3n) is 9.66. The Labute approximate surface area is 175 Å². The first-order chi connectivity index (χ1) is 14.0. The number of carboxylic acids is 2. The van der Waals surface area contributed by atoms with Gasteiger partial charge < -0.3 is 20.1 Å². The minimum atomic E-state index is -1.16. The average Bonchev–Trinajstić information content (AvgIpc) is 3.42. The summed E-state index contributed by atoms with van der Waals surface area (Å²) in [6.45, 7) is 4.15. The summed E-state index contributed by atoms with van der Waals surface area (Å²) in [5.74, 6) is -2.51. The number of aliphatic hydroxyl groups is 1. The second-order valence-corrected chi connectivity index (χ2v) is 10.7. The Bertz CT molecular complexity index is 864. The highest BCUT2D eigenvalue weighted by Gasteiger charge is 2.77. The van der Waals surface area contributed by atoms with Crippen LogP contribution in [-0.4, -0.2) is 50.9 Å². The first-order valence-electron chi connectivity index (χ1n) is 11.1. The first kappa shape index (κ1) is 20.2. The fourth-order valence-electron chi connectivity index (χ4n) is 8.02. The van der Waals surface area contributed by atoms with E-state index in [0.29, 0.717) is 32.1 Å². The molecule has 0 radical (unpaired) electrons. The van der Waals surface area contributed by atoms with Crippen molar-refractivity contribution >= 4 is 17.7 Å². The van der Waals surface area contributed by atoms with E-state index >= 15 is 0 Å². The maximum absolute atomic E-state index is 12.4. The van der Waals surface area contributed by atoms with Gasteiger partial charge >= 0.3 is 11.9 Å². The number of carboxylic acid groups (broad SMARTS) is 2. The van der Waals surface area contributed by atoms with Crippen LogP contribution < -0.4 is 0 Å². The zero-order valence-electron chi connectivity index (χ0n) is 17.5. The van der Waals surface area contributed by atoms with Crippen LogP contribution in [0, 0.1) is 34.5 Å². The second kappa shape index (κ2) is 6.16. The van der Waals surface area contributed by atoms with Crippen molar-refractivity contribution in [3.8, 4) is 0 Å². The van der Waals surface area contributed by atoms with Crippen molar-refractivity contribution in [3.63, 3.8) is 0 Å². The summed E-state index contributed by atoms with van der Waals surface area (Å²) in [4.78, 5) is 35.7. The number of ketones is 1. The zero-order chi connectivity index (χ0) is 21.6.